The van der Waals surface area contributed by atoms with Gasteiger partial charge in [-0.15, -0.1) is 11.3 Å². The molecule has 7 nitrogen and oxygen atoms in total. The zero-order chi connectivity index (χ0) is 19.3. The molecule has 0 aliphatic carbocycles. The molecular formula is C20H24N4O3S. The van der Waals surface area contributed by atoms with Gasteiger partial charge in [0.2, 0.25) is 5.91 Å². The number of fused-ring (bicyclic) bond motifs is 1. The molecule has 1 atom stereocenters. The maximum absolute atomic E-state index is 12.5. The van der Waals surface area contributed by atoms with Crippen LogP contribution in [0.1, 0.15) is 17.3 Å². The van der Waals surface area contributed by atoms with Gasteiger partial charge in [-0.3, -0.25) is 14.1 Å². The number of morpholine rings is 1. The van der Waals surface area contributed by atoms with Crippen LogP contribution in [-0.4, -0.2) is 60.1 Å². The second kappa shape index (κ2) is 8.72. The Morgan fingerprint density at radius 3 is 2.82 bits per heavy atom. The minimum Gasteiger partial charge on any atom is -0.497 e. The van der Waals surface area contributed by atoms with Crippen molar-refractivity contribution < 1.29 is 14.3 Å². The van der Waals surface area contributed by atoms with Crippen LogP contribution in [-0.2, 0) is 16.0 Å². The summed E-state index contributed by atoms with van der Waals surface area (Å²) in [5.41, 5.74) is 1.95. The molecule has 0 radical (unpaired) electrons. The molecule has 3 heterocycles. The Bertz CT molecular complexity index is 887. The molecule has 2 aromatic heterocycles. The first-order valence-corrected chi connectivity index (χ1v) is 10.2. The van der Waals surface area contributed by atoms with E-state index in [1.807, 2.05) is 34.3 Å². The molecule has 148 valence electrons. The van der Waals surface area contributed by atoms with Gasteiger partial charge in [-0.2, -0.15) is 0 Å². The third kappa shape index (κ3) is 4.35. The molecule has 8 heteroatoms. The van der Waals surface area contributed by atoms with E-state index in [4.69, 9.17) is 9.47 Å². The highest BCUT2D eigenvalue weighted by molar-refractivity contribution is 7.15. The molecule has 4 rings (SSSR count). The predicted molar refractivity (Wildman–Crippen MR) is 108 cm³/mol. The first-order valence-electron chi connectivity index (χ1n) is 9.36. The largest absolute Gasteiger partial charge is 0.497 e. The van der Waals surface area contributed by atoms with E-state index in [2.05, 4.69) is 27.3 Å². The second-order valence-corrected chi connectivity index (χ2v) is 7.62. The van der Waals surface area contributed by atoms with E-state index in [0.717, 1.165) is 35.1 Å². The molecule has 1 aromatic carbocycles. The summed E-state index contributed by atoms with van der Waals surface area (Å²) < 4.78 is 12.7. The van der Waals surface area contributed by atoms with E-state index < -0.39 is 0 Å². The number of imidazole rings is 1. The number of amides is 1. The van der Waals surface area contributed by atoms with Crippen molar-refractivity contribution in [1.29, 1.82) is 0 Å². The van der Waals surface area contributed by atoms with E-state index in [1.54, 1.807) is 18.4 Å². The summed E-state index contributed by atoms with van der Waals surface area (Å²) in [4.78, 5) is 20.3. The van der Waals surface area contributed by atoms with Gasteiger partial charge in [-0.25, -0.2) is 4.98 Å². The number of benzene rings is 1. The third-order valence-electron chi connectivity index (χ3n) is 4.96. The van der Waals surface area contributed by atoms with Gasteiger partial charge in [-0.05, 0) is 17.7 Å². The van der Waals surface area contributed by atoms with Crippen LogP contribution >= 0.6 is 11.3 Å². The van der Waals surface area contributed by atoms with Gasteiger partial charge in [0.05, 0.1) is 38.5 Å². The minimum atomic E-state index is -0.0162. The van der Waals surface area contributed by atoms with Gasteiger partial charge < -0.3 is 14.8 Å². The van der Waals surface area contributed by atoms with Crippen molar-refractivity contribution in [3.05, 3.63) is 53.3 Å². The molecule has 1 aliphatic heterocycles. The number of hydrogen-bond acceptors (Lipinski definition) is 6. The van der Waals surface area contributed by atoms with Gasteiger partial charge >= 0.3 is 0 Å². The highest BCUT2D eigenvalue weighted by atomic mass is 32.1. The van der Waals surface area contributed by atoms with Crippen molar-refractivity contribution in [1.82, 2.24) is 19.6 Å². The fourth-order valence-corrected chi connectivity index (χ4v) is 4.19. The van der Waals surface area contributed by atoms with Crippen LogP contribution in [0.3, 0.4) is 0 Å². The molecule has 1 unspecified atom stereocenters. The third-order valence-corrected chi connectivity index (χ3v) is 5.74. The zero-order valence-corrected chi connectivity index (χ0v) is 16.7. The first-order chi connectivity index (χ1) is 13.7. The van der Waals surface area contributed by atoms with Crippen molar-refractivity contribution in [3.63, 3.8) is 0 Å². The summed E-state index contributed by atoms with van der Waals surface area (Å²) in [5, 5.41) is 5.07. The lowest BCUT2D eigenvalue weighted by Crippen LogP contribution is -2.44. The molecule has 0 bridgehead atoms. The van der Waals surface area contributed by atoms with Crippen LogP contribution in [0.2, 0.25) is 0 Å². The van der Waals surface area contributed by atoms with Crippen LogP contribution in [0, 0.1) is 0 Å². The van der Waals surface area contributed by atoms with Gasteiger partial charge in [0.1, 0.15) is 5.75 Å². The van der Waals surface area contributed by atoms with Crippen molar-refractivity contribution >= 4 is 22.2 Å². The maximum atomic E-state index is 12.5. The van der Waals surface area contributed by atoms with Gasteiger partial charge in [-0.1, -0.05) is 12.1 Å². The van der Waals surface area contributed by atoms with Crippen molar-refractivity contribution in [2.75, 3.05) is 40.0 Å². The lowest BCUT2D eigenvalue weighted by molar-refractivity contribution is -0.120. The fourth-order valence-electron chi connectivity index (χ4n) is 3.47. The van der Waals surface area contributed by atoms with E-state index in [9.17, 15) is 4.79 Å². The second-order valence-electron chi connectivity index (χ2n) is 6.74. The van der Waals surface area contributed by atoms with Crippen LogP contribution in [0.4, 0.5) is 0 Å². The number of nitrogens with one attached hydrogen (secondary N) is 1. The lowest BCUT2D eigenvalue weighted by atomic mass is 10.0. The minimum absolute atomic E-state index is 0.0162. The average molecular weight is 401 g/mol. The molecule has 3 aromatic rings. The summed E-state index contributed by atoms with van der Waals surface area (Å²) in [6.07, 6.45) is 4.15. The summed E-state index contributed by atoms with van der Waals surface area (Å²) in [5.74, 6) is 0.811. The average Bonchev–Trinajstić information content (AvgIpc) is 3.31. The summed E-state index contributed by atoms with van der Waals surface area (Å²) >= 11 is 1.56. The Morgan fingerprint density at radius 1 is 1.32 bits per heavy atom. The Balaban J connectivity index is 1.41. The molecule has 0 spiro atoms. The molecule has 28 heavy (non-hydrogen) atoms. The van der Waals surface area contributed by atoms with Crippen LogP contribution in [0.25, 0.3) is 4.96 Å². The number of thiazole rings is 1. The number of hydrogen-bond donors (Lipinski definition) is 1. The zero-order valence-electron chi connectivity index (χ0n) is 15.8. The van der Waals surface area contributed by atoms with Crippen LogP contribution in [0.5, 0.6) is 5.75 Å². The van der Waals surface area contributed by atoms with E-state index in [1.165, 1.54) is 0 Å². The number of aromatic nitrogens is 2. The molecule has 0 saturated carbocycles. The molecular weight excluding hydrogens is 376 g/mol. The van der Waals surface area contributed by atoms with Crippen molar-refractivity contribution in [2.45, 2.75) is 12.5 Å². The Labute approximate surface area is 167 Å². The van der Waals surface area contributed by atoms with Crippen molar-refractivity contribution in [2.24, 2.45) is 0 Å². The number of rotatable bonds is 7. The van der Waals surface area contributed by atoms with Crippen molar-refractivity contribution in [3.8, 4) is 5.75 Å². The number of carbonyl (C=O) groups excluding carboxylic acids is 1. The van der Waals surface area contributed by atoms with Gasteiger partial charge in [0.15, 0.2) is 4.96 Å². The lowest BCUT2D eigenvalue weighted by Gasteiger charge is -2.35. The summed E-state index contributed by atoms with van der Waals surface area (Å²) in [6, 6.07) is 8.15. The maximum Gasteiger partial charge on any atom is 0.226 e. The fraction of sp³-hybridized carbons (Fsp3) is 0.400. The standard InChI is InChI=1S/C20H24N4O3S/c1-26-17-4-2-15(3-5-17)18(23-6-9-27-10-7-23)13-21-19(25)12-16-14-24-8-11-28-20(24)22-16/h2-5,8,11,14,18H,6-7,9-10,12-13H2,1H3,(H,21,25). The van der Waals surface area contributed by atoms with Gasteiger partial charge in [0, 0.05) is 37.4 Å². The molecule has 1 amide bonds. The Hall–Kier alpha value is -2.42. The summed E-state index contributed by atoms with van der Waals surface area (Å²) in [6.45, 7) is 3.68. The number of ether oxygens (including phenoxy) is 2. The molecule has 1 saturated heterocycles. The SMILES string of the molecule is COc1ccc(C(CNC(=O)Cc2cn3ccsc3n2)N2CCOCC2)cc1. The number of nitrogens with zero attached hydrogens (tertiary/aromatic N) is 3. The Kier molecular flexibility index (Phi) is 5.90. The van der Waals surface area contributed by atoms with Crippen LogP contribution in [0.15, 0.2) is 42.0 Å². The van der Waals surface area contributed by atoms with Crippen LogP contribution < -0.4 is 10.1 Å². The Morgan fingerprint density at radius 2 is 2.11 bits per heavy atom. The number of methoxy groups -OCH3 is 1. The normalized spacial score (nSPS) is 16.2. The van der Waals surface area contributed by atoms with E-state index in [-0.39, 0.29) is 18.4 Å². The topological polar surface area (TPSA) is 68.1 Å². The molecule has 1 fully saturated rings. The monoisotopic (exact) mass is 400 g/mol. The highest BCUT2D eigenvalue weighted by Gasteiger charge is 2.23. The first kappa shape index (κ1) is 18.9. The highest BCUT2D eigenvalue weighted by Crippen LogP contribution is 2.23. The quantitative estimate of drug-likeness (QED) is 0.658. The predicted octanol–water partition coefficient (Wildman–Crippen LogP) is 2.14. The number of carbonyl (C=O) groups is 1. The van der Waals surface area contributed by atoms with E-state index >= 15 is 0 Å². The van der Waals surface area contributed by atoms with E-state index in [0.29, 0.717) is 19.8 Å². The molecule has 1 aliphatic rings. The molecule has 1 N–H and O–H groups in total. The smallest absolute Gasteiger partial charge is 0.226 e. The van der Waals surface area contributed by atoms with Gasteiger partial charge in [0.25, 0.3) is 0 Å². The summed E-state index contributed by atoms with van der Waals surface area (Å²) in [7, 11) is 1.66.